The van der Waals surface area contributed by atoms with E-state index in [9.17, 15) is 0 Å². The van der Waals surface area contributed by atoms with Crippen LogP contribution in [0.5, 0.6) is 0 Å². The van der Waals surface area contributed by atoms with Crippen molar-refractivity contribution in [1.29, 1.82) is 0 Å². The van der Waals surface area contributed by atoms with E-state index >= 15 is 0 Å². The van der Waals surface area contributed by atoms with Gasteiger partial charge in [-0.2, -0.15) is 11.3 Å². The Hall–Kier alpha value is -0.870. The molecule has 4 heteroatoms. The van der Waals surface area contributed by atoms with Gasteiger partial charge in [-0.25, -0.2) is 4.98 Å². The first kappa shape index (κ1) is 9.68. The number of nitrogens with zero attached hydrogens (tertiary/aromatic N) is 1. The maximum Gasteiger partial charge on any atom is 0.183 e. The molecule has 2 aromatic heterocycles. The number of thiazole rings is 1. The molecule has 0 saturated carbocycles. The third-order valence-electron chi connectivity index (χ3n) is 2.08. The zero-order valence-electron chi connectivity index (χ0n) is 7.93. The van der Waals surface area contributed by atoms with Crippen LogP contribution in [-0.2, 0) is 0 Å². The molecule has 2 rings (SSSR count). The van der Waals surface area contributed by atoms with Crippen molar-refractivity contribution in [2.45, 2.75) is 19.4 Å². The summed E-state index contributed by atoms with van der Waals surface area (Å²) in [6, 6.07) is 2.56. The summed E-state index contributed by atoms with van der Waals surface area (Å²) in [6.07, 6.45) is 2.91. The van der Waals surface area contributed by atoms with Crippen molar-refractivity contribution in [2.24, 2.45) is 0 Å². The van der Waals surface area contributed by atoms with Crippen molar-refractivity contribution in [1.82, 2.24) is 4.98 Å². The van der Waals surface area contributed by atoms with Crippen LogP contribution < -0.4 is 5.32 Å². The van der Waals surface area contributed by atoms with Crippen molar-refractivity contribution in [3.63, 3.8) is 0 Å². The summed E-state index contributed by atoms with van der Waals surface area (Å²) in [7, 11) is 0. The van der Waals surface area contributed by atoms with E-state index in [1.807, 2.05) is 11.6 Å². The van der Waals surface area contributed by atoms with Gasteiger partial charge in [0.1, 0.15) is 0 Å². The van der Waals surface area contributed by atoms with E-state index in [0.717, 1.165) is 11.6 Å². The molecule has 0 amide bonds. The van der Waals surface area contributed by atoms with Crippen LogP contribution in [0, 0.1) is 0 Å². The van der Waals surface area contributed by atoms with E-state index in [0.29, 0.717) is 6.04 Å². The third-order valence-corrected chi connectivity index (χ3v) is 3.49. The van der Waals surface area contributed by atoms with Crippen LogP contribution in [0.25, 0.3) is 0 Å². The number of aromatic nitrogens is 1. The average Bonchev–Trinajstić information content (AvgIpc) is 2.86. The van der Waals surface area contributed by atoms with Crippen molar-refractivity contribution < 1.29 is 0 Å². The Kier molecular flexibility index (Phi) is 3.16. The van der Waals surface area contributed by atoms with E-state index in [1.165, 1.54) is 5.56 Å². The van der Waals surface area contributed by atoms with E-state index < -0.39 is 0 Å². The molecular weight excluding hydrogens is 212 g/mol. The van der Waals surface area contributed by atoms with E-state index in [4.69, 9.17) is 0 Å². The molecule has 0 aliphatic rings. The van der Waals surface area contributed by atoms with Crippen LogP contribution in [0.2, 0.25) is 0 Å². The highest BCUT2D eigenvalue weighted by Crippen LogP contribution is 2.25. The Bertz CT molecular complexity index is 353. The first-order chi connectivity index (χ1) is 6.90. The van der Waals surface area contributed by atoms with Gasteiger partial charge in [-0.1, -0.05) is 6.92 Å². The smallest absolute Gasteiger partial charge is 0.183 e. The second-order valence-corrected chi connectivity index (χ2v) is 4.67. The predicted molar refractivity (Wildman–Crippen MR) is 63.1 cm³/mol. The molecule has 2 aromatic rings. The maximum absolute atomic E-state index is 4.22. The SMILES string of the molecule is CCC(Nc1nccs1)c1ccsc1. The zero-order chi connectivity index (χ0) is 9.80. The molecule has 0 bridgehead atoms. The Balaban J connectivity index is 2.08. The molecule has 0 radical (unpaired) electrons. The van der Waals surface area contributed by atoms with Crippen LogP contribution in [0.1, 0.15) is 24.9 Å². The number of hydrogen-bond donors (Lipinski definition) is 1. The standard InChI is InChI=1S/C10H12N2S2/c1-2-9(8-3-5-13-7-8)12-10-11-4-6-14-10/h3-7,9H,2H2,1H3,(H,11,12). The quantitative estimate of drug-likeness (QED) is 0.855. The minimum absolute atomic E-state index is 0.396. The highest BCUT2D eigenvalue weighted by molar-refractivity contribution is 7.13. The number of anilines is 1. The summed E-state index contributed by atoms with van der Waals surface area (Å²) in [6.45, 7) is 2.18. The molecule has 1 atom stereocenters. The van der Waals surface area contributed by atoms with Crippen LogP contribution >= 0.6 is 22.7 Å². The maximum atomic E-state index is 4.22. The molecule has 0 fully saturated rings. The zero-order valence-corrected chi connectivity index (χ0v) is 9.57. The van der Waals surface area contributed by atoms with Gasteiger partial charge in [0.25, 0.3) is 0 Å². The highest BCUT2D eigenvalue weighted by Gasteiger charge is 2.09. The summed E-state index contributed by atoms with van der Waals surface area (Å²) < 4.78 is 0. The molecule has 2 heterocycles. The van der Waals surface area contributed by atoms with Crippen LogP contribution in [0.3, 0.4) is 0 Å². The molecule has 74 valence electrons. The molecule has 0 spiro atoms. The van der Waals surface area contributed by atoms with Crippen LogP contribution in [-0.4, -0.2) is 4.98 Å². The lowest BCUT2D eigenvalue weighted by Gasteiger charge is -2.14. The summed E-state index contributed by atoms with van der Waals surface area (Å²) in [4.78, 5) is 4.22. The Labute approximate surface area is 91.6 Å². The van der Waals surface area contributed by atoms with Gasteiger partial charge < -0.3 is 5.32 Å². The van der Waals surface area contributed by atoms with Crippen molar-refractivity contribution in [3.05, 3.63) is 34.0 Å². The normalized spacial score (nSPS) is 12.6. The Morgan fingerprint density at radius 1 is 1.50 bits per heavy atom. The fraction of sp³-hybridized carbons (Fsp3) is 0.300. The molecule has 1 N–H and O–H groups in total. The van der Waals surface area contributed by atoms with Gasteiger partial charge in [-0.3, -0.25) is 0 Å². The summed E-state index contributed by atoms with van der Waals surface area (Å²) >= 11 is 3.38. The Morgan fingerprint density at radius 2 is 2.43 bits per heavy atom. The number of nitrogens with one attached hydrogen (secondary N) is 1. The second-order valence-electron chi connectivity index (χ2n) is 3.00. The predicted octanol–water partition coefficient (Wildman–Crippen LogP) is 3.77. The van der Waals surface area contributed by atoms with E-state index in [2.05, 4.69) is 34.1 Å². The summed E-state index contributed by atoms with van der Waals surface area (Å²) in [5.41, 5.74) is 1.35. The molecular formula is C10H12N2S2. The first-order valence-corrected chi connectivity index (χ1v) is 6.40. The van der Waals surface area contributed by atoms with Gasteiger partial charge in [-0.15, -0.1) is 11.3 Å². The number of hydrogen-bond acceptors (Lipinski definition) is 4. The van der Waals surface area contributed by atoms with E-state index in [1.54, 1.807) is 22.7 Å². The van der Waals surface area contributed by atoms with Crippen molar-refractivity contribution in [3.8, 4) is 0 Å². The van der Waals surface area contributed by atoms with Gasteiger partial charge in [0.05, 0.1) is 6.04 Å². The summed E-state index contributed by atoms with van der Waals surface area (Å²) in [5.74, 6) is 0. The average molecular weight is 224 g/mol. The minimum atomic E-state index is 0.396. The molecule has 0 saturated heterocycles. The monoisotopic (exact) mass is 224 g/mol. The van der Waals surface area contributed by atoms with Crippen molar-refractivity contribution >= 4 is 27.8 Å². The minimum Gasteiger partial charge on any atom is -0.355 e. The van der Waals surface area contributed by atoms with Gasteiger partial charge >= 0.3 is 0 Å². The van der Waals surface area contributed by atoms with Crippen LogP contribution in [0.15, 0.2) is 28.4 Å². The highest BCUT2D eigenvalue weighted by atomic mass is 32.1. The molecule has 0 aliphatic carbocycles. The lowest BCUT2D eigenvalue weighted by molar-refractivity contribution is 0.751. The van der Waals surface area contributed by atoms with Gasteiger partial charge in [0, 0.05) is 11.6 Å². The van der Waals surface area contributed by atoms with Gasteiger partial charge in [0.15, 0.2) is 5.13 Å². The number of thiophene rings is 1. The van der Waals surface area contributed by atoms with Gasteiger partial charge in [0.2, 0.25) is 0 Å². The van der Waals surface area contributed by atoms with Crippen LogP contribution in [0.4, 0.5) is 5.13 Å². The lowest BCUT2D eigenvalue weighted by atomic mass is 10.1. The molecule has 14 heavy (non-hydrogen) atoms. The topological polar surface area (TPSA) is 24.9 Å². The Morgan fingerprint density at radius 3 is 3.00 bits per heavy atom. The fourth-order valence-electron chi connectivity index (χ4n) is 1.34. The van der Waals surface area contributed by atoms with Gasteiger partial charge in [-0.05, 0) is 28.8 Å². The van der Waals surface area contributed by atoms with Crippen molar-refractivity contribution in [2.75, 3.05) is 5.32 Å². The molecule has 0 aliphatic heterocycles. The second kappa shape index (κ2) is 4.57. The number of rotatable bonds is 4. The molecule has 2 nitrogen and oxygen atoms in total. The van der Waals surface area contributed by atoms with E-state index in [-0.39, 0.29) is 0 Å². The molecule has 0 aromatic carbocycles. The first-order valence-electron chi connectivity index (χ1n) is 4.58. The largest absolute Gasteiger partial charge is 0.355 e. The fourth-order valence-corrected chi connectivity index (χ4v) is 2.64. The third kappa shape index (κ3) is 2.13. The molecule has 1 unspecified atom stereocenters. The summed E-state index contributed by atoms with van der Waals surface area (Å²) in [5, 5.41) is 10.7. The lowest BCUT2D eigenvalue weighted by Crippen LogP contribution is -2.08.